The topological polar surface area (TPSA) is 53.1 Å². The fraction of sp³-hybridized carbons (Fsp3) is 0.556. The molecule has 0 atom stereocenters. The molecule has 0 spiro atoms. The predicted molar refractivity (Wildman–Crippen MR) is 55.9 cm³/mol. The van der Waals surface area contributed by atoms with Crippen molar-refractivity contribution in [3.05, 3.63) is 11.3 Å². The molecular formula is C9H13N3S. The Bertz CT molecular complexity index is 282. The molecule has 0 saturated carbocycles. The van der Waals surface area contributed by atoms with Crippen molar-refractivity contribution in [2.24, 2.45) is 5.73 Å². The minimum Gasteiger partial charge on any atom is -0.389 e. The summed E-state index contributed by atoms with van der Waals surface area (Å²) in [7, 11) is 0. The van der Waals surface area contributed by atoms with Crippen LogP contribution in [0.15, 0.2) is 11.3 Å². The zero-order valence-electron chi connectivity index (χ0n) is 7.71. The van der Waals surface area contributed by atoms with Crippen LogP contribution in [0.2, 0.25) is 0 Å². The summed E-state index contributed by atoms with van der Waals surface area (Å²) in [6.07, 6.45) is 2.38. The molecule has 1 fully saturated rings. The van der Waals surface area contributed by atoms with Crippen molar-refractivity contribution < 1.29 is 0 Å². The van der Waals surface area contributed by atoms with E-state index in [4.69, 9.17) is 23.2 Å². The number of hydrogen-bond acceptors (Lipinski definition) is 3. The van der Waals surface area contributed by atoms with E-state index < -0.39 is 0 Å². The molecule has 1 heterocycles. The van der Waals surface area contributed by atoms with E-state index in [0.29, 0.717) is 5.57 Å². The Hall–Kier alpha value is -1.08. The molecule has 0 bridgehead atoms. The lowest BCUT2D eigenvalue weighted by Crippen LogP contribution is -2.22. The van der Waals surface area contributed by atoms with Crippen LogP contribution in [0.25, 0.3) is 0 Å². The molecule has 0 unspecified atom stereocenters. The summed E-state index contributed by atoms with van der Waals surface area (Å²) in [6, 6.07) is 2.05. The summed E-state index contributed by atoms with van der Waals surface area (Å²) in [6.45, 7) is 3.93. The van der Waals surface area contributed by atoms with Gasteiger partial charge in [0, 0.05) is 18.8 Å². The Morgan fingerprint density at radius 1 is 1.46 bits per heavy atom. The maximum atomic E-state index is 8.83. The molecular weight excluding hydrogens is 182 g/mol. The maximum Gasteiger partial charge on any atom is 0.116 e. The van der Waals surface area contributed by atoms with E-state index in [9.17, 15) is 0 Å². The zero-order chi connectivity index (χ0) is 9.84. The molecule has 1 rings (SSSR count). The minimum absolute atomic E-state index is 0.201. The molecule has 1 saturated heterocycles. The van der Waals surface area contributed by atoms with Crippen LogP contribution in [0.5, 0.6) is 0 Å². The molecule has 4 heteroatoms. The number of thiocarbonyl (C=S) groups is 1. The van der Waals surface area contributed by atoms with Crippen molar-refractivity contribution in [1.82, 2.24) is 4.90 Å². The third-order valence-corrected chi connectivity index (χ3v) is 2.50. The van der Waals surface area contributed by atoms with Gasteiger partial charge in [-0.2, -0.15) is 5.26 Å². The largest absolute Gasteiger partial charge is 0.389 e. The summed E-state index contributed by atoms with van der Waals surface area (Å²) in [5.41, 5.74) is 6.82. The highest BCUT2D eigenvalue weighted by molar-refractivity contribution is 7.80. The molecule has 1 aliphatic rings. The van der Waals surface area contributed by atoms with E-state index in [-0.39, 0.29) is 4.99 Å². The average molecular weight is 195 g/mol. The second-order valence-corrected chi connectivity index (χ2v) is 3.57. The summed E-state index contributed by atoms with van der Waals surface area (Å²) >= 11 is 4.80. The van der Waals surface area contributed by atoms with Gasteiger partial charge in [0.05, 0.1) is 0 Å². The first kappa shape index (κ1) is 10.0. The molecule has 13 heavy (non-hydrogen) atoms. The van der Waals surface area contributed by atoms with E-state index >= 15 is 0 Å². The van der Waals surface area contributed by atoms with Gasteiger partial charge in [0.15, 0.2) is 0 Å². The van der Waals surface area contributed by atoms with Crippen LogP contribution in [0.4, 0.5) is 0 Å². The van der Waals surface area contributed by atoms with Gasteiger partial charge < -0.3 is 10.6 Å². The summed E-state index contributed by atoms with van der Waals surface area (Å²) in [4.78, 5) is 2.37. The van der Waals surface area contributed by atoms with Crippen molar-refractivity contribution in [1.29, 1.82) is 5.26 Å². The van der Waals surface area contributed by atoms with E-state index in [1.54, 1.807) is 0 Å². The van der Waals surface area contributed by atoms with Gasteiger partial charge in [-0.3, -0.25) is 0 Å². The van der Waals surface area contributed by atoms with Crippen molar-refractivity contribution in [3.8, 4) is 6.07 Å². The van der Waals surface area contributed by atoms with Gasteiger partial charge in [-0.05, 0) is 19.8 Å². The van der Waals surface area contributed by atoms with Gasteiger partial charge in [0.25, 0.3) is 0 Å². The zero-order valence-corrected chi connectivity index (χ0v) is 8.52. The van der Waals surface area contributed by atoms with Crippen molar-refractivity contribution in [2.45, 2.75) is 19.8 Å². The quantitative estimate of drug-likeness (QED) is 0.408. The lowest BCUT2D eigenvalue weighted by atomic mass is 10.2. The fourth-order valence-electron chi connectivity index (χ4n) is 1.52. The molecule has 0 amide bonds. The first-order valence-corrected chi connectivity index (χ1v) is 4.73. The third-order valence-electron chi connectivity index (χ3n) is 2.30. The SMILES string of the molecule is C/C(=C(/C#N)C(N)=S)N1CCCC1. The first-order chi connectivity index (χ1) is 6.16. The van der Waals surface area contributed by atoms with Gasteiger partial charge in [-0.25, -0.2) is 0 Å². The van der Waals surface area contributed by atoms with Gasteiger partial charge in [0.2, 0.25) is 0 Å². The first-order valence-electron chi connectivity index (χ1n) is 4.32. The third kappa shape index (κ3) is 2.19. The number of nitrogens with two attached hydrogens (primary N) is 1. The number of hydrogen-bond donors (Lipinski definition) is 1. The summed E-state index contributed by atoms with van der Waals surface area (Å²) in [5, 5.41) is 8.83. The Labute approximate surface area is 83.8 Å². The van der Waals surface area contributed by atoms with Gasteiger partial charge in [0.1, 0.15) is 16.6 Å². The highest BCUT2D eigenvalue weighted by Gasteiger charge is 2.16. The standard InChI is InChI=1S/C9H13N3S/c1-7(8(6-10)9(11)13)12-4-2-3-5-12/h2-5H2,1H3,(H2,11,13)/b8-7+. The highest BCUT2D eigenvalue weighted by atomic mass is 32.1. The number of nitrogens with zero attached hydrogens (tertiary/aromatic N) is 2. The van der Waals surface area contributed by atoms with Gasteiger partial charge in [-0.1, -0.05) is 12.2 Å². The molecule has 3 nitrogen and oxygen atoms in total. The van der Waals surface area contributed by atoms with E-state index in [1.165, 1.54) is 12.8 Å². The molecule has 0 aromatic rings. The van der Waals surface area contributed by atoms with Crippen molar-refractivity contribution in [3.63, 3.8) is 0 Å². The fourth-order valence-corrected chi connectivity index (χ4v) is 1.72. The van der Waals surface area contributed by atoms with Crippen LogP contribution in [0.1, 0.15) is 19.8 Å². The van der Waals surface area contributed by atoms with Gasteiger partial charge >= 0.3 is 0 Å². The van der Waals surface area contributed by atoms with Crippen LogP contribution in [0.3, 0.4) is 0 Å². The molecule has 2 N–H and O–H groups in total. The molecule has 0 aromatic carbocycles. The summed E-state index contributed by atoms with van der Waals surface area (Å²) in [5.74, 6) is 0. The monoisotopic (exact) mass is 195 g/mol. The van der Waals surface area contributed by atoms with E-state index in [0.717, 1.165) is 18.8 Å². The van der Waals surface area contributed by atoms with Crippen LogP contribution in [-0.2, 0) is 0 Å². The number of rotatable bonds is 2. The van der Waals surface area contributed by atoms with Gasteiger partial charge in [-0.15, -0.1) is 0 Å². The smallest absolute Gasteiger partial charge is 0.116 e. The number of allylic oxidation sites excluding steroid dienone is 1. The molecule has 0 aromatic heterocycles. The average Bonchev–Trinajstić information content (AvgIpc) is 2.56. The lowest BCUT2D eigenvalue weighted by Gasteiger charge is -2.19. The Kier molecular flexibility index (Phi) is 3.26. The second-order valence-electron chi connectivity index (χ2n) is 3.13. The molecule has 0 aliphatic carbocycles. The maximum absolute atomic E-state index is 8.83. The van der Waals surface area contributed by atoms with E-state index in [1.807, 2.05) is 13.0 Å². The number of likely N-dealkylation sites (tertiary alicyclic amines) is 1. The summed E-state index contributed by atoms with van der Waals surface area (Å²) < 4.78 is 0. The van der Waals surface area contributed by atoms with Crippen LogP contribution in [0, 0.1) is 11.3 Å². The van der Waals surface area contributed by atoms with Crippen molar-refractivity contribution in [2.75, 3.05) is 13.1 Å². The van der Waals surface area contributed by atoms with Crippen LogP contribution in [-0.4, -0.2) is 23.0 Å². The van der Waals surface area contributed by atoms with Crippen molar-refractivity contribution >= 4 is 17.2 Å². The second kappa shape index (κ2) is 4.24. The molecule has 1 aliphatic heterocycles. The Morgan fingerprint density at radius 2 is 2.00 bits per heavy atom. The number of nitriles is 1. The normalized spacial score (nSPS) is 18.0. The van der Waals surface area contributed by atoms with Crippen LogP contribution >= 0.6 is 12.2 Å². The van der Waals surface area contributed by atoms with Crippen LogP contribution < -0.4 is 5.73 Å². The Balaban J connectivity index is 2.87. The molecule has 0 radical (unpaired) electrons. The van der Waals surface area contributed by atoms with E-state index in [2.05, 4.69) is 4.90 Å². The highest BCUT2D eigenvalue weighted by Crippen LogP contribution is 2.17. The predicted octanol–water partition coefficient (Wildman–Crippen LogP) is 1.17. The Morgan fingerprint density at radius 3 is 2.38 bits per heavy atom. The minimum atomic E-state index is 0.201. The molecule has 70 valence electrons. The lowest BCUT2D eigenvalue weighted by molar-refractivity contribution is 0.426.